The van der Waals surface area contributed by atoms with Gasteiger partial charge in [-0.3, -0.25) is 0 Å². The zero-order valence-electron chi connectivity index (χ0n) is 16.7. The fourth-order valence-electron chi connectivity index (χ4n) is 2.75. The molecule has 0 N–H and O–H groups in total. The number of aromatic nitrogens is 1. The number of hydrogen-bond acceptors (Lipinski definition) is 7. The van der Waals surface area contributed by atoms with E-state index in [4.69, 9.17) is 18.7 Å². The summed E-state index contributed by atoms with van der Waals surface area (Å²) in [5.74, 6) is -0.917. The summed E-state index contributed by atoms with van der Waals surface area (Å²) in [6.45, 7) is 3.82. The number of methoxy groups -OCH3 is 1. The highest BCUT2D eigenvalue weighted by Crippen LogP contribution is 2.23. The average molecular weight is 413 g/mol. The Morgan fingerprint density at radius 1 is 1.13 bits per heavy atom. The lowest BCUT2D eigenvalue weighted by atomic mass is 10.1. The van der Waals surface area contributed by atoms with Gasteiger partial charge in [0.25, 0.3) is 0 Å². The maximum Gasteiger partial charge on any atom is 0.351 e. The second kappa shape index (κ2) is 9.21. The monoisotopic (exact) mass is 413 g/mol. The minimum absolute atomic E-state index is 0.183. The third kappa shape index (κ3) is 4.83. The van der Waals surface area contributed by atoms with Gasteiger partial charge in [0.1, 0.15) is 23.9 Å². The van der Waals surface area contributed by atoms with E-state index >= 15 is 0 Å². The number of halogens is 1. The first-order chi connectivity index (χ1) is 14.4. The van der Waals surface area contributed by atoms with E-state index in [1.165, 1.54) is 43.5 Å². The molecule has 0 unspecified atom stereocenters. The highest BCUT2D eigenvalue weighted by molar-refractivity contribution is 5.92. The van der Waals surface area contributed by atoms with Crippen molar-refractivity contribution in [3.63, 3.8) is 0 Å². The van der Waals surface area contributed by atoms with E-state index in [1.54, 1.807) is 19.1 Å². The summed E-state index contributed by atoms with van der Waals surface area (Å²) in [6, 6.07) is 11.4. The molecule has 0 spiro atoms. The van der Waals surface area contributed by atoms with Crippen LogP contribution < -0.4 is 4.74 Å². The van der Waals surface area contributed by atoms with Crippen LogP contribution >= 0.6 is 0 Å². The molecule has 0 radical (unpaired) electrons. The smallest absolute Gasteiger partial charge is 0.351 e. The lowest BCUT2D eigenvalue weighted by molar-refractivity contribution is -0.151. The van der Waals surface area contributed by atoms with Crippen molar-refractivity contribution in [2.75, 3.05) is 7.11 Å². The minimum Gasteiger partial charge on any atom is -0.489 e. The molecule has 1 heterocycles. The fourth-order valence-corrected chi connectivity index (χ4v) is 2.75. The Balaban J connectivity index is 1.74. The molecule has 0 amide bonds. The molecule has 0 bridgehead atoms. The predicted molar refractivity (Wildman–Crippen MR) is 103 cm³/mol. The first-order valence-electron chi connectivity index (χ1n) is 9.08. The third-order valence-corrected chi connectivity index (χ3v) is 4.45. The Kier molecular flexibility index (Phi) is 6.46. The number of carbonyl (C=O) groups is 2. The van der Waals surface area contributed by atoms with Crippen LogP contribution in [0, 0.1) is 19.7 Å². The molecule has 3 rings (SSSR count). The quantitative estimate of drug-likeness (QED) is 0.539. The van der Waals surface area contributed by atoms with Gasteiger partial charge in [0, 0.05) is 5.56 Å². The topological polar surface area (TPSA) is 87.9 Å². The largest absolute Gasteiger partial charge is 0.489 e. The van der Waals surface area contributed by atoms with Crippen molar-refractivity contribution in [1.29, 1.82) is 0 Å². The molecule has 0 aliphatic rings. The van der Waals surface area contributed by atoms with Crippen molar-refractivity contribution in [3.8, 4) is 5.75 Å². The van der Waals surface area contributed by atoms with E-state index < -0.39 is 23.9 Å². The van der Waals surface area contributed by atoms with Gasteiger partial charge in [-0.1, -0.05) is 23.4 Å². The second-order valence-corrected chi connectivity index (χ2v) is 6.48. The molecule has 3 aromatic rings. The van der Waals surface area contributed by atoms with Crippen LogP contribution in [0.3, 0.4) is 0 Å². The molecule has 7 nitrogen and oxygen atoms in total. The van der Waals surface area contributed by atoms with Crippen LogP contribution in [0.4, 0.5) is 4.39 Å². The van der Waals surface area contributed by atoms with Gasteiger partial charge in [-0.05, 0) is 44.2 Å². The summed E-state index contributed by atoms with van der Waals surface area (Å²) in [6.07, 6.45) is -1.32. The molecule has 2 aromatic carbocycles. The van der Waals surface area contributed by atoms with Crippen LogP contribution in [0.25, 0.3) is 0 Å². The maximum absolute atomic E-state index is 13.2. The zero-order chi connectivity index (χ0) is 21.7. The third-order valence-electron chi connectivity index (χ3n) is 4.45. The Morgan fingerprint density at radius 2 is 1.87 bits per heavy atom. The van der Waals surface area contributed by atoms with Crippen molar-refractivity contribution < 1.29 is 32.7 Å². The number of aryl methyl sites for hydroxylation is 2. The Labute approximate surface area is 172 Å². The van der Waals surface area contributed by atoms with Crippen molar-refractivity contribution >= 4 is 11.9 Å². The van der Waals surface area contributed by atoms with E-state index in [0.717, 1.165) is 11.3 Å². The van der Waals surface area contributed by atoms with Crippen LogP contribution in [0.1, 0.15) is 39.0 Å². The summed E-state index contributed by atoms with van der Waals surface area (Å²) < 4.78 is 34.1. The Bertz CT molecular complexity index is 1020. The zero-order valence-corrected chi connectivity index (χ0v) is 16.7. The number of ether oxygens (including phenoxy) is 3. The SMILES string of the molecule is COC(=O)[C@@H](OC(=O)c1cccc(OCc2c(C)noc2C)c1)c1ccc(F)cc1. The van der Waals surface area contributed by atoms with Crippen LogP contribution in [0.5, 0.6) is 5.75 Å². The molecule has 0 fully saturated rings. The van der Waals surface area contributed by atoms with Gasteiger partial charge in [-0.25, -0.2) is 14.0 Å². The van der Waals surface area contributed by atoms with Crippen molar-refractivity contribution in [2.24, 2.45) is 0 Å². The van der Waals surface area contributed by atoms with Gasteiger partial charge >= 0.3 is 11.9 Å². The van der Waals surface area contributed by atoms with Gasteiger partial charge < -0.3 is 18.7 Å². The number of benzene rings is 2. The van der Waals surface area contributed by atoms with Gasteiger partial charge in [0.15, 0.2) is 0 Å². The van der Waals surface area contributed by atoms with Crippen molar-refractivity contribution in [1.82, 2.24) is 5.16 Å². The lowest BCUT2D eigenvalue weighted by Gasteiger charge is -2.16. The van der Waals surface area contributed by atoms with Gasteiger partial charge in [-0.15, -0.1) is 0 Å². The van der Waals surface area contributed by atoms with E-state index in [1.807, 2.05) is 6.92 Å². The highest BCUT2D eigenvalue weighted by atomic mass is 19.1. The molecular weight excluding hydrogens is 393 g/mol. The highest BCUT2D eigenvalue weighted by Gasteiger charge is 2.26. The van der Waals surface area contributed by atoms with Crippen LogP contribution in [-0.2, 0) is 20.9 Å². The van der Waals surface area contributed by atoms with Crippen molar-refractivity contribution in [3.05, 3.63) is 82.5 Å². The van der Waals surface area contributed by atoms with Gasteiger partial charge in [0.05, 0.1) is 23.9 Å². The van der Waals surface area contributed by atoms with Crippen LogP contribution in [0.15, 0.2) is 53.1 Å². The standard InChI is InChI=1S/C22H20FNO6/c1-13-19(14(2)30-24-13)12-28-18-6-4-5-16(11-18)21(25)29-20(22(26)27-3)15-7-9-17(23)10-8-15/h4-11,20H,12H2,1-3H3/t20-/m0/s1. The molecule has 0 aliphatic heterocycles. The Morgan fingerprint density at radius 3 is 2.50 bits per heavy atom. The Hall–Kier alpha value is -3.68. The number of nitrogens with zero attached hydrogens (tertiary/aromatic N) is 1. The molecule has 1 atom stereocenters. The lowest BCUT2D eigenvalue weighted by Crippen LogP contribution is -2.21. The van der Waals surface area contributed by atoms with E-state index in [-0.39, 0.29) is 12.2 Å². The predicted octanol–water partition coefficient (Wildman–Crippen LogP) is 4.08. The van der Waals surface area contributed by atoms with Crippen LogP contribution in [-0.4, -0.2) is 24.2 Å². The number of carbonyl (C=O) groups excluding carboxylic acids is 2. The molecule has 8 heteroatoms. The normalized spacial score (nSPS) is 11.6. The number of rotatable bonds is 7. The number of hydrogen-bond donors (Lipinski definition) is 0. The van der Waals surface area contributed by atoms with E-state index in [9.17, 15) is 14.0 Å². The first-order valence-corrected chi connectivity index (χ1v) is 9.08. The summed E-state index contributed by atoms with van der Waals surface area (Å²) in [4.78, 5) is 24.7. The van der Waals surface area contributed by atoms with Gasteiger partial charge in [0.2, 0.25) is 6.10 Å². The number of esters is 2. The molecule has 156 valence electrons. The summed E-state index contributed by atoms with van der Waals surface area (Å²) in [7, 11) is 1.18. The molecule has 0 aliphatic carbocycles. The minimum atomic E-state index is -1.32. The van der Waals surface area contributed by atoms with Crippen LogP contribution in [0.2, 0.25) is 0 Å². The molecule has 0 saturated carbocycles. The molecule has 30 heavy (non-hydrogen) atoms. The van der Waals surface area contributed by atoms with E-state index in [0.29, 0.717) is 17.1 Å². The maximum atomic E-state index is 13.2. The summed E-state index contributed by atoms with van der Waals surface area (Å²) in [5.41, 5.74) is 2.03. The second-order valence-electron chi connectivity index (χ2n) is 6.48. The first kappa shape index (κ1) is 21.0. The molecule has 1 aromatic heterocycles. The van der Waals surface area contributed by atoms with Gasteiger partial charge in [-0.2, -0.15) is 0 Å². The summed E-state index contributed by atoms with van der Waals surface area (Å²) in [5, 5.41) is 3.87. The summed E-state index contributed by atoms with van der Waals surface area (Å²) >= 11 is 0. The van der Waals surface area contributed by atoms with Crippen molar-refractivity contribution in [2.45, 2.75) is 26.6 Å². The molecular formula is C22H20FNO6. The molecule has 0 saturated heterocycles. The average Bonchev–Trinajstić information content (AvgIpc) is 3.08. The fraction of sp³-hybridized carbons (Fsp3) is 0.227. The van der Waals surface area contributed by atoms with E-state index in [2.05, 4.69) is 5.16 Å².